The molecular weight excluding hydrogens is 384 g/mol. The fraction of sp³-hybridized carbons (Fsp3) is 0.964. The van der Waals surface area contributed by atoms with E-state index < -0.39 is 5.79 Å². The highest BCUT2D eigenvalue weighted by Gasteiger charge is 2.71. The first kappa shape index (κ1) is 21.1. The Morgan fingerprint density at radius 2 is 1.68 bits per heavy atom. The standard InChI is InChI=1S/C28H44O3/c1-16-8-10-26(4)19(12-16)6-7-20-21(26)14-24(29)27(5)22(20)13-23-25(27)18(3)28(31-23)11-9-17(2)15-30-28/h16-23,25H,6-15H2,1-5H3/t16?,17-,18+,19+,20+,21+,22+,23+,25+,26+,27-,28-/m1/s1. The van der Waals surface area contributed by atoms with Crippen LogP contribution in [0.25, 0.3) is 0 Å². The SMILES string of the molecule is CC1CC[C@@]2(C)[C@@H](CC[C@H]3[C@@H]2CC(=O)[C@]2(C)[C@@H]4[C@H](C[C@@H]32)O[C@]2(CC[C@@H](C)CO2)[C@H]4C)C1. The Balaban J connectivity index is 1.30. The molecule has 0 aromatic rings. The molecule has 6 aliphatic rings. The van der Waals surface area contributed by atoms with E-state index in [9.17, 15) is 4.79 Å². The van der Waals surface area contributed by atoms with Gasteiger partial charge in [0.05, 0.1) is 12.7 Å². The summed E-state index contributed by atoms with van der Waals surface area (Å²) < 4.78 is 13.2. The summed E-state index contributed by atoms with van der Waals surface area (Å²) in [5.41, 5.74) is 0.187. The molecule has 0 radical (unpaired) electrons. The third-order valence-electron chi connectivity index (χ3n) is 12.1. The van der Waals surface area contributed by atoms with Crippen molar-refractivity contribution in [3.8, 4) is 0 Å². The topological polar surface area (TPSA) is 35.5 Å². The predicted molar refractivity (Wildman–Crippen MR) is 121 cm³/mol. The second kappa shape index (κ2) is 6.81. The monoisotopic (exact) mass is 428 g/mol. The van der Waals surface area contributed by atoms with Gasteiger partial charge in [0.25, 0.3) is 0 Å². The van der Waals surface area contributed by atoms with Gasteiger partial charge in [-0.2, -0.15) is 0 Å². The van der Waals surface area contributed by atoms with E-state index in [2.05, 4.69) is 34.6 Å². The molecule has 4 saturated carbocycles. The molecule has 2 aliphatic heterocycles. The van der Waals surface area contributed by atoms with Gasteiger partial charge >= 0.3 is 0 Å². The molecule has 6 rings (SSSR count). The van der Waals surface area contributed by atoms with E-state index in [4.69, 9.17) is 9.47 Å². The Bertz CT molecular complexity index is 753. The number of carbonyl (C=O) groups excluding carboxylic acids is 1. The second-order valence-corrected chi connectivity index (χ2v) is 13.4. The molecule has 2 saturated heterocycles. The van der Waals surface area contributed by atoms with E-state index in [1.165, 1.54) is 38.5 Å². The van der Waals surface area contributed by atoms with Crippen molar-refractivity contribution in [3.05, 3.63) is 0 Å². The van der Waals surface area contributed by atoms with Crippen molar-refractivity contribution in [2.45, 2.75) is 104 Å². The fourth-order valence-corrected chi connectivity index (χ4v) is 10.2. The average Bonchev–Trinajstić information content (AvgIpc) is 3.18. The Morgan fingerprint density at radius 1 is 0.903 bits per heavy atom. The summed E-state index contributed by atoms with van der Waals surface area (Å²) in [5, 5.41) is 0. The first-order chi connectivity index (χ1) is 14.7. The number of carbonyl (C=O) groups is 1. The summed E-state index contributed by atoms with van der Waals surface area (Å²) in [5.74, 6) is 5.00. The van der Waals surface area contributed by atoms with Crippen LogP contribution in [0.3, 0.4) is 0 Å². The summed E-state index contributed by atoms with van der Waals surface area (Å²) in [6.07, 6.45) is 11.1. The molecular formula is C28H44O3. The molecule has 0 N–H and O–H groups in total. The molecule has 12 atom stereocenters. The average molecular weight is 429 g/mol. The van der Waals surface area contributed by atoms with Crippen LogP contribution in [-0.4, -0.2) is 24.3 Å². The largest absolute Gasteiger partial charge is 0.349 e. The van der Waals surface area contributed by atoms with Crippen molar-refractivity contribution in [1.29, 1.82) is 0 Å². The molecule has 6 fully saturated rings. The minimum atomic E-state index is -0.421. The highest BCUT2D eigenvalue weighted by Crippen LogP contribution is 2.70. The maximum atomic E-state index is 14.0. The van der Waals surface area contributed by atoms with Gasteiger partial charge in [0.15, 0.2) is 5.79 Å². The molecule has 2 heterocycles. The number of hydrogen-bond acceptors (Lipinski definition) is 3. The first-order valence-corrected chi connectivity index (χ1v) is 13.5. The van der Waals surface area contributed by atoms with Crippen molar-refractivity contribution < 1.29 is 14.3 Å². The number of rotatable bonds is 0. The van der Waals surface area contributed by atoms with Gasteiger partial charge < -0.3 is 9.47 Å². The summed E-state index contributed by atoms with van der Waals surface area (Å²) >= 11 is 0. The van der Waals surface area contributed by atoms with Crippen molar-refractivity contribution in [2.24, 2.45) is 58.2 Å². The number of hydrogen-bond donors (Lipinski definition) is 0. The lowest BCUT2D eigenvalue weighted by molar-refractivity contribution is -0.272. The smallest absolute Gasteiger partial charge is 0.171 e. The van der Waals surface area contributed by atoms with E-state index in [1.54, 1.807) is 0 Å². The zero-order chi connectivity index (χ0) is 21.8. The molecule has 1 spiro atoms. The van der Waals surface area contributed by atoms with Crippen molar-refractivity contribution in [1.82, 2.24) is 0 Å². The predicted octanol–water partition coefficient (Wildman–Crippen LogP) is 6.25. The Kier molecular flexibility index (Phi) is 4.65. The minimum absolute atomic E-state index is 0.202. The lowest BCUT2D eigenvalue weighted by Gasteiger charge is -2.60. The Labute approximate surface area is 189 Å². The van der Waals surface area contributed by atoms with E-state index >= 15 is 0 Å². The van der Waals surface area contributed by atoms with Crippen LogP contribution in [0.15, 0.2) is 0 Å². The lowest BCUT2D eigenvalue weighted by Crippen LogP contribution is -2.58. The van der Waals surface area contributed by atoms with Crippen LogP contribution in [0.2, 0.25) is 0 Å². The zero-order valence-electron chi connectivity index (χ0n) is 20.5. The van der Waals surface area contributed by atoms with Gasteiger partial charge in [-0.05, 0) is 79.4 Å². The summed E-state index contributed by atoms with van der Waals surface area (Å²) in [6.45, 7) is 12.8. The third kappa shape index (κ3) is 2.69. The van der Waals surface area contributed by atoms with Crippen molar-refractivity contribution in [2.75, 3.05) is 6.61 Å². The van der Waals surface area contributed by atoms with Gasteiger partial charge in [-0.25, -0.2) is 0 Å². The van der Waals surface area contributed by atoms with Gasteiger partial charge in [-0.1, -0.05) is 41.0 Å². The van der Waals surface area contributed by atoms with E-state index in [-0.39, 0.29) is 11.5 Å². The third-order valence-corrected chi connectivity index (χ3v) is 12.1. The Hall–Kier alpha value is -0.410. The van der Waals surface area contributed by atoms with Crippen LogP contribution in [0, 0.1) is 58.2 Å². The number of Topliss-reactive ketones (excluding diaryl/α,β-unsaturated/α-hetero) is 1. The van der Waals surface area contributed by atoms with E-state index in [0.717, 1.165) is 43.6 Å². The van der Waals surface area contributed by atoms with Gasteiger partial charge in [0.1, 0.15) is 5.78 Å². The second-order valence-electron chi connectivity index (χ2n) is 13.4. The highest BCUT2D eigenvalue weighted by molar-refractivity contribution is 5.87. The summed E-state index contributed by atoms with van der Waals surface area (Å²) in [6, 6.07) is 0. The van der Waals surface area contributed by atoms with Crippen LogP contribution in [0.1, 0.15) is 92.4 Å². The highest BCUT2D eigenvalue weighted by atomic mass is 16.7. The molecule has 4 aliphatic carbocycles. The molecule has 0 bridgehead atoms. The van der Waals surface area contributed by atoms with Crippen LogP contribution in [0.4, 0.5) is 0 Å². The molecule has 0 amide bonds. The van der Waals surface area contributed by atoms with Gasteiger partial charge in [0.2, 0.25) is 0 Å². The van der Waals surface area contributed by atoms with Crippen LogP contribution >= 0.6 is 0 Å². The molecule has 0 aromatic heterocycles. The van der Waals surface area contributed by atoms with Gasteiger partial charge in [0, 0.05) is 30.1 Å². The van der Waals surface area contributed by atoms with Crippen LogP contribution in [0.5, 0.6) is 0 Å². The summed E-state index contributed by atoms with van der Waals surface area (Å²) in [7, 11) is 0. The van der Waals surface area contributed by atoms with Gasteiger partial charge in [-0.15, -0.1) is 0 Å². The lowest BCUT2D eigenvalue weighted by atomic mass is 9.43. The van der Waals surface area contributed by atoms with Crippen LogP contribution in [-0.2, 0) is 14.3 Å². The number of ether oxygens (including phenoxy) is 2. The molecule has 174 valence electrons. The van der Waals surface area contributed by atoms with E-state index in [0.29, 0.717) is 40.8 Å². The van der Waals surface area contributed by atoms with E-state index in [1.807, 2.05) is 0 Å². The first-order valence-electron chi connectivity index (χ1n) is 13.5. The fourth-order valence-electron chi connectivity index (χ4n) is 10.2. The molecule has 0 aromatic carbocycles. The Morgan fingerprint density at radius 3 is 2.42 bits per heavy atom. The van der Waals surface area contributed by atoms with Crippen molar-refractivity contribution in [3.63, 3.8) is 0 Å². The maximum absolute atomic E-state index is 14.0. The van der Waals surface area contributed by atoms with Crippen molar-refractivity contribution >= 4 is 5.78 Å². The zero-order valence-corrected chi connectivity index (χ0v) is 20.5. The molecule has 3 nitrogen and oxygen atoms in total. The quantitative estimate of drug-likeness (QED) is 0.457. The van der Waals surface area contributed by atoms with Crippen LogP contribution < -0.4 is 0 Å². The maximum Gasteiger partial charge on any atom is 0.171 e. The molecule has 3 heteroatoms. The minimum Gasteiger partial charge on any atom is -0.349 e. The normalized spacial score (nSPS) is 60.9. The van der Waals surface area contributed by atoms with Gasteiger partial charge in [-0.3, -0.25) is 4.79 Å². The molecule has 1 unspecified atom stereocenters. The number of fused-ring (bicyclic) bond motifs is 7. The number of ketones is 1. The summed E-state index contributed by atoms with van der Waals surface area (Å²) in [4.78, 5) is 14.0. The molecule has 31 heavy (non-hydrogen) atoms.